The minimum atomic E-state index is -0.202. The Hall–Kier alpha value is -0.0800. The molecule has 0 heterocycles. The lowest BCUT2D eigenvalue weighted by molar-refractivity contribution is 0.165. The fraction of sp³-hybridized carbons (Fsp3) is 1.00. The molecule has 2 N–H and O–H groups in total. The molecule has 0 saturated carbocycles. The lowest BCUT2D eigenvalue weighted by Crippen LogP contribution is -2.39. The van der Waals surface area contributed by atoms with Gasteiger partial charge in [0.25, 0.3) is 0 Å². The molecule has 4 atom stereocenters. The number of hydrogen-bond donors (Lipinski definition) is 2. The normalized spacial score (nSPS) is 20.8. The molecule has 0 amide bonds. The van der Waals surface area contributed by atoms with Gasteiger partial charge in [-0.05, 0) is 33.1 Å². The first-order valence-electron chi connectivity index (χ1n) is 5.41. The third-order valence-corrected chi connectivity index (χ3v) is 2.74. The van der Waals surface area contributed by atoms with E-state index in [0.29, 0.717) is 18.0 Å². The van der Waals surface area contributed by atoms with E-state index in [9.17, 15) is 5.11 Å². The Morgan fingerprint density at radius 1 is 1.15 bits per heavy atom. The zero-order chi connectivity index (χ0) is 10.4. The lowest BCUT2D eigenvalue weighted by atomic mass is 9.99. The van der Waals surface area contributed by atoms with E-state index < -0.39 is 0 Å². The first-order chi connectivity index (χ1) is 5.97. The lowest BCUT2D eigenvalue weighted by Gasteiger charge is -2.25. The highest BCUT2D eigenvalue weighted by Crippen LogP contribution is 2.08. The van der Waals surface area contributed by atoms with E-state index in [2.05, 4.69) is 33.0 Å². The molecule has 0 aromatic rings. The molecule has 13 heavy (non-hydrogen) atoms. The Labute approximate surface area is 82.7 Å². The van der Waals surface area contributed by atoms with Crippen molar-refractivity contribution in [3.63, 3.8) is 0 Å². The summed E-state index contributed by atoms with van der Waals surface area (Å²) in [7, 11) is 0. The second-order valence-corrected chi connectivity index (χ2v) is 4.33. The average molecular weight is 187 g/mol. The molecule has 0 radical (unpaired) electrons. The van der Waals surface area contributed by atoms with Crippen LogP contribution in [-0.4, -0.2) is 23.3 Å². The summed E-state index contributed by atoms with van der Waals surface area (Å²) in [5, 5.41) is 12.7. The summed E-state index contributed by atoms with van der Waals surface area (Å²) in [6.45, 7) is 10.7. The highest BCUT2D eigenvalue weighted by Gasteiger charge is 2.13. The van der Waals surface area contributed by atoms with Crippen molar-refractivity contribution in [3.8, 4) is 0 Å². The highest BCUT2D eigenvalue weighted by molar-refractivity contribution is 4.72. The summed E-state index contributed by atoms with van der Waals surface area (Å²) < 4.78 is 0. The molecule has 0 bridgehead atoms. The molecule has 0 spiro atoms. The van der Waals surface area contributed by atoms with Crippen LogP contribution in [0.3, 0.4) is 0 Å². The largest absolute Gasteiger partial charge is 0.393 e. The van der Waals surface area contributed by atoms with Gasteiger partial charge in [0, 0.05) is 12.1 Å². The van der Waals surface area contributed by atoms with Crippen LogP contribution in [0.1, 0.15) is 47.5 Å². The van der Waals surface area contributed by atoms with Gasteiger partial charge in [-0.25, -0.2) is 0 Å². The summed E-state index contributed by atoms with van der Waals surface area (Å²) in [6.07, 6.45) is 1.84. The van der Waals surface area contributed by atoms with Crippen molar-refractivity contribution < 1.29 is 5.11 Å². The zero-order valence-electron chi connectivity index (χ0n) is 9.67. The number of aliphatic hydroxyl groups excluding tert-OH is 1. The maximum Gasteiger partial charge on any atom is 0.0526 e. The fourth-order valence-corrected chi connectivity index (χ4v) is 1.55. The molecule has 2 heteroatoms. The van der Waals surface area contributed by atoms with Gasteiger partial charge in [0.1, 0.15) is 0 Å². The molecule has 80 valence electrons. The summed E-state index contributed by atoms with van der Waals surface area (Å²) >= 11 is 0. The monoisotopic (exact) mass is 187 g/mol. The standard InChI is InChI=1S/C11H25NO/c1-6-8(2)11(5)12-9(3)7-10(4)13/h8-13H,6-7H2,1-5H3. The van der Waals surface area contributed by atoms with Crippen LogP contribution in [0, 0.1) is 5.92 Å². The van der Waals surface area contributed by atoms with E-state index in [0.717, 1.165) is 6.42 Å². The molecule has 0 saturated heterocycles. The van der Waals surface area contributed by atoms with E-state index >= 15 is 0 Å². The number of rotatable bonds is 6. The molecule has 0 aromatic heterocycles. The average Bonchev–Trinajstić information content (AvgIpc) is 2.01. The molecule has 0 aliphatic rings. The zero-order valence-corrected chi connectivity index (χ0v) is 9.67. The van der Waals surface area contributed by atoms with Crippen LogP contribution in [0.25, 0.3) is 0 Å². The summed E-state index contributed by atoms with van der Waals surface area (Å²) in [5.74, 6) is 0.705. The third-order valence-electron chi connectivity index (χ3n) is 2.74. The van der Waals surface area contributed by atoms with E-state index in [1.165, 1.54) is 6.42 Å². The van der Waals surface area contributed by atoms with Gasteiger partial charge in [0.2, 0.25) is 0 Å². The smallest absolute Gasteiger partial charge is 0.0526 e. The molecule has 0 aromatic carbocycles. The van der Waals surface area contributed by atoms with E-state index in [1.807, 2.05) is 6.92 Å². The van der Waals surface area contributed by atoms with Crippen LogP contribution in [-0.2, 0) is 0 Å². The molecular formula is C11H25NO. The van der Waals surface area contributed by atoms with Gasteiger partial charge in [-0.3, -0.25) is 0 Å². The maximum absolute atomic E-state index is 9.19. The van der Waals surface area contributed by atoms with Crippen LogP contribution >= 0.6 is 0 Å². The summed E-state index contributed by atoms with van der Waals surface area (Å²) in [6, 6.07) is 0.947. The van der Waals surface area contributed by atoms with Crippen molar-refractivity contribution in [3.05, 3.63) is 0 Å². The van der Waals surface area contributed by atoms with Crippen molar-refractivity contribution in [1.82, 2.24) is 5.32 Å². The molecular weight excluding hydrogens is 162 g/mol. The van der Waals surface area contributed by atoms with E-state index in [1.54, 1.807) is 0 Å². The van der Waals surface area contributed by atoms with Crippen molar-refractivity contribution in [2.24, 2.45) is 5.92 Å². The Balaban J connectivity index is 3.70. The minimum Gasteiger partial charge on any atom is -0.393 e. The maximum atomic E-state index is 9.19. The van der Waals surface area contributed by atoms with Crippen molar-refractivity contribution in [2.75, 3.05) is 0 Å². The number of hydrogen-bond acceptors (Lipinski definition) is 2. The summed E-state index contributed by atoms with van der Waals surface area (Å²) in [5.41, 5.74) is 0. The van der Waals surface area contributed by atoms with Gasteiger partial charge in [-0.2, -0.15) is 0 Å². The fourth-order valence-electron chi connectivity index (χ4n) is 1.55. The van der Waals surface area contributed by atoms with Gasteiger partial charge in [0.05, 0.1) is 6.10 Å². The van der Waals surface area contributed by atoms with E-state index in [-0.39, 0.29) is 6.10 Å². The van der Waals surface area contributed by atoms with E-state index in [4.69, 9.17) is 0 Å². The van der Waals surface area contributed by atoms with Gasteiger partial charge in [-0.15, -0.1) is 0 Å². The molecule has 0 aliphatic carbocycles. The first kappa shape index (κ1) is 12.9. The SMILES string of the molecule is CCC(C)C(C)NC(C)CC(C)O. The molecule has 0 aliphatic heterocycles. The number of aliphatic hydroxyl groups is 1. The van der Waals surface area contributed by atoms with Crippen molar-refractivity contribution in [1.29, 1.82) is 0 Å². The molecule has 0 fully saturated rings. The van der Waals surface area contributed by atoms with Crippen molar-refractivity contribution >= 4 is 0 Å². The van der Waals surface area contributed by atoms with Crippen LogP contribution in [0.2, 0.25) is 0 Å². The van der Waals surface area contributed by atoms with Crippen molar-refractivity contribution in [2.45, 2.75) is 65.6 Å². The third kappa shape index (κ3) is 6.05. The Morgan fingerprint density at radius 3 is 2.08 bits per heavy atom. The van der Waals surface area contributed by atoms with Crippen LogP contribution in [0.4, 0.5) is 0 Å². The second kappa shape index (κ2) is 6.39. The van der Waals surface area contributed by atoms with Gasteiger partial charge in [-0.1, -0.05) is 20.3 Å². The van der Waals surface area contributed by atoms with Crippen LogP contribution < -0.4 is 5.32 Å². The Bertz CT molecular complexity index is 125. The minimum absolute atomic E-state index is 0.202. The van der Waals surface area contributed by atoms with Gasteiger partial charge in [0.15, 0.2) is 0 Å². The van der Waals surface area contributed by atoms with Crippen LogP contribution in [0.5, 0.6) is 0 Å². The summed E-state index contributed by atoms with van der Waals surface area (Å²) in [4.78, 5) is 0. The number of nitrogens with one attached hydrogen (secondary N) is 1. The second-order valence-electron chi connectivity index (χ2n) is 4.33. The first-order valence-corrected chi connectivity index (χ1v) is 5.41. The molecule has 0 rings (SSSR count). The Kier molecular flexibility index (Phi) is 6.35. The predicted octanol–water partition coefficient (Wildman–Crippen LogP) is 2.17. The van der Waals surface area contributed by atoms with Crippen LogP contribution in [0.15, 0.2) is 0 Å². The van der Waals surface area contributed by atoms with Gasteiger partial charge >= 0.3 is 0 Å². The quantitative estimate of drug-likeness (QED) is 0.668. The molecule has 4 unspecified atom stereocenters. The van der Waals surface area contributed by atoms with Gasteiger partial charge < -0.3 is 10.4 Å². The topological polar surface area (TPSA) is 32.3 Å². The molecule has 2 nitrogen and oxygen atoms in total. The Morgan fingerprint density at radius 2 is 1.69 bits per heavy atom. The highest BCUT2D eigenvalue weighted by atomic mass is 16.3. The predicted molar refractivity (Wildman–Crippen MR) is 57.8 cm³/mol.